The van der Waals surface area contributed by atoms with Gasteiger partial charge in [0.05, 0.1) is 11.4 Å². The minimum absolute atomic E-state index is 0.300. The first-order valence-corrected chi connectivity index (χ1v) is 10.5. The van der Waals surface area contributed by atoms with Crippen molar-refractivity contribution in [1.82, 2.24) is 19.3 Å². The SMILES string of the molecule is CC(C)c1ccc(-c2nc3nn(-c4ccccc4)cc3c(=O)n2-c2cccc(F)c2)cc1. The van der Waals surface area contributed by atoms with Crippen LogP contribution in [0.25, 0.3) is 33.8 Å². The molecule has 2 aromatic heterocycles. The zero-order valence-corrected chi connectivity index (χ0v) is 17.7. The molecule has 0 radical (unpaired) electrons. The van der Waals surface area contributed by atoms with Gasteiger partial charge in [-0.3, -0.25) is 9.36 Å². The van der Waals surface area contributed by atoms with Crippen LogP contribution in [0.1, 0.15) is 25.3 Å². The van der Waals surface area contributed by atoms with Crippen LogP contribution in [0.5, 0.6) is 0 Å². The number of para-hydroxylation sites is 1. The second-order valence-corrected chi connectivity index (χ2v) is 7.98. The van der Waals surface area contributed by atoms with E-state index in [0.717, 1.165) is 11.3 Å². The maximum Gasteiger partial charge on any atom is 0.269 e. The van der Waals surface area contributed by atoms with Gasteiger partial charge in [-0.15, -0.1) is 5.10 Å². The summed E-state index contributed by atoms with van der Waals surface area (Å²) in [6.07, 6.45) is 1.67. The number of halogens is 1. The molecular weight excluding hydrogens is 403 g/mol. The highest BCUT2D eigenvalue weighted by molar-refractivity contribution is 5.77. The average Bonchev–Trinajstić information content (AvgIpc) is 3.24. The molecule has 0 aliphatic heterocycles. The van der Waals surface area contributed by atoms with Crippen molar-refractivity contribution in [3.05, 3.63) is 107 Å². The highest BCUT2D eigenvalue weighted by Gasteiger charge is 2.18. The monoisotopic (exact) mass is 424 g/mol. The first-order chi connectivity index (χ1) is 15.5. The highest BCUT2D eigenvalue weighted by Crippen LogP contribution is 2.25. The van der Waals surface area contributed by atoms with Gasteiger partial charge in [-0.1, -0.05) is 62.4 Å². The Morgan fingerprint density at radius 2 is 1.59 bits per heavy atom. The molecule has 0 atom stereocenters. The Morgan fingerprint density at radius 3 is 2.28 bits per heavy atom. The molecule has 0 fully saturated rings. The van der Waals surface area contributed by atoms with E-state index in [9.17, 15) is 9.18 Å². The van der Waals surface area contributed by atoms with Crippen molar-refractivity contribution in [2.24, 2.45) is 0 Å². The molecule has 0 aliphatic rings. The minimum Gasteiger partial charge on any atom is -0.268 e. The van der Waals surface area contributed by atoms with Crippen molar-refractivity contribution >= 4 is 11.0 Å². The fraction of sp³-hybridized carbons (Fsp3) is 0.115. The Bertz CT molecular complexity index is 1470. The third kappa shape index (κ3) is 3.50. The molecule has 158 valence electrons. The predicted molar refractivity (Wildman–Crippen MR) is 124 cm³/mol. The molecule has 5 rings (SSSR count). The normalized spacial score (nSPS) is 11.4. The fourth-order valence-electron chi connectivity index (χ4n) is 3.74. The summed E-state index contributed by atoms with van der Waals surface area (Å²) in [5.41, 5.74) is 3.22. The van der Waals surface area contributed by atoms with Gasteiger partial charge < -0.3 is 0 Å². The van der Waals surface area contributed by atoms with Gasteiger partial charge in [0.2, 0.25) is 0 Å². The van der Waals surface area contributed by atoms with Crippen LogP contribution in [-0.4, -0.2) is 19.3 Å². The number of nitrogens with zero attached hydrogens (tertiary/aromatic N) is 4. The van der Waals surface area contributed by atoms with Gasteiger partial charge in [-0.05, 0) is 41.8 Å². The van der Waals surface area contributed by atoms with Gasteiger partial charge in [0.25, 0.3) is 5.56 Å². The summed E-state index contributed by atoms with van der Waals surface area (Å²) in [5.74, 6) is 0.378. The number of rotatable bonds is 4. The Hall–Kier alpha value is -4.06. The molecular formula is C26H21FN4O. The maximum absolute atomic E-state index is 14.0. The number of benzene rings is 3. The molecule has 0 bridgehead atoms. The number of fused-ring (bicyclic) bond motifs is 1. The van der Waals surface area contributed by atoms with E-state index in [1.165, 1.54) is 22.3 Å². The lowest BCUT2D eigenvalue weighted by atomic mass is 10.0. The molecule has 0 N–H and O–H groups in total. The van der Waals surface area contributed by atoms with Crippen LogP contribution in [0.4, 0.5) is 4.39 Å². The lowest BCUT2D eigenvalue weighted by Crippen LogP contribution is -2.21. The predicted octanol–water partition coefficient (Wildman–Crippen LogP) is 5.50. The van der Waals surface area contributed by atoms with Gasteiger partial charge >= 0.3 is 0 Å². The van der Waals surface area contributed by atoms with Crippen molar-refractivity contribution < 1.29 is 4.39 Å². The van der Waals surface area contributed by atoms with E-state index in [4.69, 9.17) is 4.98 Å². The topological polar surface area (TPSA) is 52.7 Å². The van der Waals surface area contributed by atoms with Crippen molar-refractivity contribution in [3.8, 4) is 22.8 Å². The summed E-state index contributed by atoms with van der Waals surface area (Å²) >= 11 is 0. The minimum atomic E-state index is -0.421. The Morgan fingerprint density at radius 1 is 0.875 bits per heavy atom. The molecule has 3 aromatic carbocycles. The summed E-state index contributed by atoms with van der Waals surface area (Å²) in [4.78, 5) is 18.3. The second-order valence-electron chi connectivity index (χ2n) is 7.98. The lowest BCUT2D eigenvalue weighted by molar-refractivity contribution is 0.626. The molecule has 2 heterocycles. The number of hydrogen-bond donors (Lipinski definition) is 0. The molecule has 0 saturated heterocycles. The standard InChI is InChI=1S/C26H21FN4O/c1-17(2)18-11-13-19(14-12-18)25-28-24-23(16-30(29-24)21-8-4-3-5-9-21)26(32)31(25)22-10-6-7-20(27)15-22/h3-17H,1-2H3. The van der Waals surface area contributed by atoms with Gasteiger partial charge in [0, 0.05) is 11.8 Å². The van der Waals surface area contributed by atoms with Crippen LogP contribution in [0.2, 0.25) is 0 Å². The van der Waals surface area contributed by atoms with Crippen molar-refractivity contribution in [3.63, 3.8) is 0 Å². The first-order valence-electron chi connectivity index (χ1n) is 10.5. The van der Waals surface area contributed by atoms with Crippen LogP contribution in [0.3, 0.4) is 0 Å². The highest BCUT2D eigenvalue weighted by atomic mass is 19.1. The number of aromatic nitrogens is 4. The van der Waals surface area contributed by atoms with Crippen LogP contribution >= 0.6 is 0 Å². The van der Waals surface area contributed by atoms with Crippen LogP contribution in [0, 0.1) is 5.82 Å². The lowest BCUT2D eigenvalue weighted by Gasteiger charge is -2.13. The summed E-state index contributed by atoms with van der Waals surface area (Å²) < 4.78 is 17.1. The second kappa shape index (κ2) is 7.89. The summed E-state index contributed by atoms with van der Waals surface area (Å²) in [5, 5.41) is 4.91. The summed E-state index contributed by atoms with van der Waals surface area (Å²) in [7, 11) is 0. The molecule has 0 unspecified atom stereocenters. The van der Waals surface area contributed by atoms with Gasteiger partial charge in [-0.25, -0.2) is 14.1 Å². The van der Waals surface area contributed by atoms with Gasteiger partial charge in [-0.2, -0.15) is 0 Å². The third-order valence-corrected chi connectivity index (χ3v) is 5.47. The largest absolute Gasteiger partial charge is 0.269 e. The molecule has 0 spiro atoms. The zero-order chi connectivity index (χ0) is 22.2. The molecule has 5 aromatic rings. The van der Waals surface area contributed by atoms with Gasteiger partial charge in [0.15, 0.2) is 5.65 Å². The fourth-order valence-corrected chi connectivity index (χ4v) is 3.74. The van der Waals surface area contributed by atoms with E-state index in [1.807, 2.05) is 54.6 Å². The molecule has 0 aliphatic carbocycles. The van der Waals surface area contributed by atoms with Crippen molar-refractivity contribution in [2.75, 3.05) is 0 Å². The van der Waals surface area contributed by atoms with Crippen LogP contribution < -0.4 is 5.56 Å². The Balaban J connectivity index is 1.78. The van der Waals surface area contributed by atoms with E-state index in [2.05, 4.69) is 18.9 Å². The smallest absolute Gasteiger partial charge is 0.268 e. The Kier molecular flexibility index (Phi) is 4.90. The van der Waals surface area contributed by atoms with Crippen LogP contribution in [-0.2, 0) is 0 Å². The summed E-state index contributed by atoms with van der Waals surface area (Å²) in [6, 6.07) is 23.4. The Labute approximate surface area is 184 Å². The van der Waals surface area contributed by atoms with Crippen molar-refractivity contribution in [1.29, 1.82) is 0 Å². The summed E-state index contributed by atoms with van der Waals surface area (Å²) in [6.45, 7) is 4.25. The molecule has 0 amide bonds. The third-order valence-electron chi connectivity index (χ3n) is 5.47. The molecule has 5 nitrogen and oxygen atoms in total. The maximum atomic E-state index is 14.0. The molecule has 0 saturated carbocycles. The van der Waals surface area contributed by atoms with Crippen molar-refractivity contribution in [2.45, 2.75) is 19.8 Å². The van der Waals surface area contributed by atoms with E-state index < -0.39 is 5.82 Å². The van der Waals surface area contributed by atoms with E-state index in [1.54, 1.807) is 23.0 Å². The van der Waals surface area contributed by atoms with E-state index in [-0.39, 0.29) is 5.56 Å². The zero-order valence-electron chi connectivity index (χ0n) is 17.7. The average molecular weight is 424 g/mol. The molecule has 6 heteroatoms. The quantitative estimate of drug-likeness (QED) is 0.383. The number of hydrogen-bond acceptors (Lipinski definition) is 3. The van der Waals surface area contributed by atoms with E-state index in [0.29, 0.717) is 28.5 Å². The van der Waals surface area contributed by atoms with Crippen LogP contribution in [0.15, 0.2) is 89.9 Å². The molecule has 32 heavy (non-hydrogen) atoms. The van der Waals surface area contributed by atoms with E-state index >= 15 is 0 Å². The first kappa shape index (κ1) is 19.9. The van der Waals surface area contributed by atoms with Gasteiger partial charge in [0.1, 0.15) is 17.0 Å².